The van der Waals surface area contributed by atoms with Crippen LogP contribution in [0.2, 0.25) is 0 Å². The van der Waals surface area contributed by atoms with Crippen molar-refractivity contribution in [3.8, 4) is 5.75 Å². The van der Waals surface area contributed by atoms with Gasteiger partial charge < -0.3 is 4.74 Å². The van der Waals surface area contributed by atoms with E-state index in [1.165, 1.54) is 0 Å². The van der Waals surface area contributed by atoms with Crippen molar-refractivity contribution < 1.29 is 13.2 Å². The van der Waals surface area contributed by atoms with Gasteiger partial charge in [-0.2, -0.15) is 0 Å². The van der Waals surface area contributed by atoms with E-state index in [0.29, 0.717) is 17.9 Å². The largest absolute Gasteiger partial charge is 0.493 e. The number of ether oxygens (including phenoxy) is 1. The normalized spacial score (nSPS) is 12.2. The molecule has 0 aromatic heterocycles. The molecular formula is C15H23NO3S. The van der Waals surface area contributed by atoms with Crippen molar-refractivity contribution in [1.82, 2.24) is 0 Å². The summed E-state index contributed by atoms with van der Waals surface area (Å²) in [6, 6.07) is 3.36. The molecule has 0 bridgehead atoms. The fourth-order valence-electron chi connectivity index (χ4n) is 1.93. The molecular weight excluding hydrogens is 274 g/mol. The summed E-state index contributed by atoms with van der Waals surface area (Å²) in [6.07, 6.45) is 2.52. The van der Waals surface area contributed by atoms with Crippen molar-refractivity contribution >= 4 is 10.0 Å². The van der Waals surface area contributed by atoms with E-state index in [-0.39, 0.29) is 10.3 Å². The number of rotatable bonds is 5. The van der Waals surface area contributed by atoms with Crippen LogP contribution in [0, 0.1) is 6.92 Å². The third-order valence-electron chi connectivity index (χ3n) is 2.97. The zero-order valence-electron chi connectivity index (χ0n) is 12.6. The number of hydrogen-bond acceptors (Lipinski definition) is 3. The smallest absolute Gasteiger partial charge is 0.238 e. The van der Waals surface area contributed by atoms with Crippen LogP contribution in [0.25, 0.3) is 0 Å². The molecule has 0 amide bonds. The Labute approximate surface area is 121 Å². The average Bonchev–Trinajstić information content (AvgIpc) is 2.25. The predicted octanol–water partition coefficient (Wildman–Crippen LogP) is 2.89. The molecule has 0 aliphatic carbocycles. The Morgan fingerprint density at radius 3 is 2.40 bits per heavy atom. The van der Waals surface area contributed by atoms with Crippen molar-refractivity contribution in [2.75, 3.05) is 6.61 Å². The lowest BCUT2D eigenvalue weighted by Crippen LogP contribution is -2.19. The number of sulfonamides is 1. The highest BCUT2D eigenvalue weighted by Crippen LogP contribution is 2.35. The molecule has 2 N–H and O–H groups in total. The van der Waals surface area contributed by atoms with Crippen molar-refractivity contribution in [3.63, 3.8) is 0 Å². The highest BCUT2D eigenvalue weighted by molar-refractivity contribution is 7.89. The van der Waals surface area contributed by atoms with Gasteiger partial charge in [-0.3, -0.25) is 0 Å². The van der Waals surface area contributed by atoms with E-state index in [1.807, 2.05) is 20.8 Å². The van der Waals surface area contributed by atoms with Gasteiger partial charge in [0.05, 0.1) is 11.5 Å². The van der Waals surface area contributed by atoms with Crippen molar-refractivity contribution in [2.45, 2.75) is 44.4 Å². The first-order valence-electron chi connectivity index (χ1n) is 6.49. The molecule has 0 unspecified atom stereocenters. The molecule has 1 aromatic carbocycles. The van der Waals surface area contributed by atoms with Gasteiger partial charge in [0.25, 0.3) is 0 Å². The van der Waals surface area contributed by atoms with Gasteiger partial charge in [-0.1, -0.05) is 26.8 Å². The molecule has 4 nitrogen and oxygen atoms in total. The van der Waals surface area contributed by atoms with E-state index in [9.17, 15) is 8.42 Å². The third-order valence-corrected chi connectivity index (χ3v) is 4.02. The fourth-order valence-corrected chi connectivity index (χ4v) is 2.72. The highest BCUT2D eigenvalue weighted by atomic mass is 32.2. The summed E-state index contributed by atoms with van der Waals surface area (Å²) < 4.78 is 29.0. The minimum Gasteiger partial charge on any atom is -0.493 e. The Kier molecular flexibility index (Phi) is 5.00. The van der Waals surface area contributed by atoms with Gasteiger partial charge >= 0.3 is 0 Å². The quantitative estimate of drug-likeness (QED) is 0.671. The lowest BCUT2D eigenvalue weighted by Gasteiger charge is -2.24. The lowest BCUT2D eigenvalue weighted by molar-refractivity contribution is 0.315. The molecule has 0 saturated carbocycles. The molecule has 0 saturated heterocycles. The predicted molar refractivity (Wildman–Crippen MR) is 81.6 cm³/mol. The first kappa shape index (κ1) is 16.7. The first-order valence-corrected chi connectivity index (χ1v) is 8.03. The maximum Gasteiger partial charge on any atom is 0.238 e. The van der Waals surface area contributed by atoms with Gasteiger partial charge in [-0.05, 0) is 36.5 Å². The van der Waals surface area contributed by atoms with Gasteiger partial charge in [-0.25, -0.2) is 13.6 Å². The molecule has 112 valence electrons. The van der Waals surface area contributed by atoms with E-state index in [2.05, 4.69) is 6.58 Å². The third kappa shape index (κ3) is 4.08. The second-order valence-electron chi connectivity index (χ2n) is 5.83. The van der Waals surface area contributed by atoms with Crippen molar-refractivity contribution in [1.29, 1.82) is 0 Å². The summed E-state index contributed by atoms with van der Waals surface area (Å²) in [5, 5.41) is 5.26. The van der Waals surface area contributed by atoms with Crippen molar-refractivity contribution in [3.05, 3.63) is 35.9 Å². The van der Waals surface area contributed by atoms with Crippen LogP contribution < -0.4 is 9.88 Å². The Bertz CT molecular complexity index is 598. The minimum absolute atomic E-state index is 0.151. The van der Waals surface area contributed by atoms with Crippen LogP contribution >= 0.6 is 0 Å². The topological polar surface area (TPSA) is 69.4 Å². The number of aryl methyl sites for hydroxylation is 1. The molecule has 5 heteroatoms. The summed E-state index contributed by atoms with van der Waals surface area (Å²) >= 11 is 0. The van der Waals surface area contributed by atoms with Crippen molar-refractivity contribution in [2.24, 2.45) is 5.14 Å². The van der Waals surface area contributed by atoms with Gasteiger partial charge in [0, 0.05) is 5.56 Å². The summed E-state index contributed by atoms with van der Waals surface area (Å²) in [6.45, 7) is 11.9. The van der Waals surface area contributed by atoms with Crippen LogP contribution in [0.1, 0.15) is 38.3 Å². The molecule has 20 heavy (non-hydrogen) atoms. The van der Waals surface area contributed by atoms with E-state index in [1.54, 1.807) is 25.1 Å². The van der Waals surface area contributed by atoms with Crippen LogP contribution in [0.4, 0.5) is 0 Å². The van der Waals surface area contributed by atoms with Gasteiger partial charge in [-0.15, -0.1) is 6.58 Å². The molecule has 0 aliphatic rings. The lowest BCUT2D eigenvalue weighted by atomic mass is 9.86. The maximum absolute atomic E-state index is 11.6. The molecule has 1 rings (SSSR count). The van der Waals surface area contributed by atoms with Crippen LogP contribution in [-0.2, 0) is 15.4 Å². The maximum atomic E-state index is 11.6. The van der Waals surface area contributed by atoms with Crippen LogP contribution in [0.3, 0.4) is 0 Å². The zero-order valence-corrected chi connectivity index (χ0v) is 13.4. The highest BCUT2D eigenvalue weighted by Gasteiger charge is 2.23. The molecule has 1 aromatic rings. The number of hydrogen-bond donors (Lipinski definition) is 1. The molecule has 0 aliphatic heterocycles. The van der Waals surface area contributed by atoms with Crippen LogP contribution in [0.5, 0.6) is 5.75 Å². The molecule has 0 atom stereocenters. The minimum atomic E-state index is -3.73. The zero-order chi connectivity index (χ0) is 15.6. The van der Waals surface area contributed by atoms with Crippen LogP contribution in [-0.4, -0.2) is 15.0 Å². The standard InChI is InChI=1S/C15H23NO3S/c1-6-7-8-19-13-9-11(2)14(20(16,17)18)10-12(13)15(3,4)5/h6,9-10H,1,7-8H2,2-5H3,(H2,16,17,18). The second kappa shape index (κ2) is 5.97. The number of benzene rings is 1. The number of primary sulfonamides is 1. The Morgan fingerprint density at radius 1 is 1.35 bits per heavy atom. The monoisotopic (exact) mass is 297 g/mol. The summed E-state index contributed by atoms with van der Waals surface area (Å²) in [4.78, 5) is 0.151. The summed E-state index contributed by atoms with van der Waals surface area (Å²) in [5.74, 6) is 0.698. The first-order chi connectivity index (χ1) is 9.07. The van der Waals surface area contributed by atoms with E-state index in [0.717, 1.165) is 12.0 Å². The van der Waals surface area contributed by atoms with Crippen LogP contribution in [0.15, 0.2) is 29.7 Å². The van der Waals surface area contributed by atoms with E-state index >= 15 is 0 Å². The average molecular weight is 297 g/mol. The van der Waals surface area contributed by atoms with Gasteiger partial charge in [0.15, 0.2) is 0 Å². The number of nitrogens with two attached hydrogens (primary N) is 1. The SMILES string of the molecule is C=CCCOc1cc(C)c(S(N)(=O)=O)cc1C(C)(C)C. The Morgan fingerprint density at radius 2 is 1.95 bits per heavy atom. The molecule has 0 radical (unpaired) electrons. The van der Waals surface area contributed by atoms with Gasteiger partial charge in [0.1, 0.15) is 5.75 Å². The Balaban J connectivity index is 3.38. The van der Waals surface area contributed by atoms with E-state index in [4.69, 9.17) is 9.88 Å². The molecule has 0 spiro atoms. The summed E-state index contributed by atoms with van der Waals surface area (Å²) in [5.41, 5.74) is 1.18. The second-order valence-corrected chi connectivity index (χ2v) is 7.36. The summed E-state index contributed by atoms with van der Waals surface area (Å²) in [7, 11) is -3.73. The Hall–Kier alpha value is -1.33. The molecule has 0 heterocycles. The molecule has 0 fully saturated rings. The fraction of sp³-hybridized carbons (Fsp3) is 0.467. The van der Waals surface area contributed by atoms with E-state index < -0.39 is 10.0 Å². The van der Waals surface area contributed by atoms with Gasteiger partial charge in [0.2, 0.25) is 10.0 Å².